The van der Waals surface area contributed by atoms with E-state index in [1.165, 1.54) is 18.2 Å². The first-order valence-electron chi connectivity index (χ1n) is 9.19. The molecule has 0 unspecified atom stereocenters. The standard InChI is InChI=1S/C24H18FNO3/c1-15-19-13-17(25)11-12-22(19)29-24(15)21(27)14-26-20-10-6-5-9-18(20)23(28)16-7-3-2-4-8-16/h2-13,26H,14H2,1H3. The van der Waals surface area contributed by atoms with E-state index in [1.54, 1.807) is 55.5 Å². The van der Waals surface area contributed by atoms with Crippen LogP contribution in [-0.4, -0.2) is 18.1 Å². The number of hydrogen-bond acceptors (Lipinski definition) is 4. The number of hydrogen-bond donors (Lipinski definition) is 1. The van der Waals surface area contributed by atoms with Crippen molar-refractivity contribution in [2.75, 3.05) is 11.9 Å². The van der Waals surface area contributed by atoms with Crippen molar-refractivity contribution in [3.05, 3.63) is 101 Å². The van der Waals surface area contributed by atoms with Crippen molar-refractivity contribution in [3.63, 3.8) is 0 Å². The average molecular weight is 387 g/mol. The fraction of sp³-hybridized carbons (Fsp3) is 0.0833. The zero-order valence-electron chi connectivity index (χ0n) is 15.7. The topological polar surface area (TPSA) is 59.3 Å². The summed E-state index contributed by atoms with van der Waals surface area (Å²) in [5.41, 5.74) is 2.68. The summed E-state index contributed by atoms with van der Waals surface area (Å²) in [5.74, 6) is -0.602. The minimum Gasteiger partial charge on any atom is -0.453 e. The Morgan fingerprint density at radius 2 is 1.69 bits per heavy atom. The fourth-order valence-corrected chi connectivity index (χ4v) is 3.30. The zero-order valence-corrected chi connectivity index (χ0v) is 15.7. The smallest absolute Gasteiger partial charge is 0.217 e. The van der Waals surface area contributed by atoms with Crippen LogP contribution in [0, 0.1) is 12.7 Å². The molecule has 1 aromatic heterocycles. The fourth-order valence-electron chi connectivity index (χ4n) is 3.30. The molecule has 4 aromatic rings. The van der Waals surface area contributed by atoms with E-state index in [0.717, 1.165) is 0 Å². The van der Waals surface area contributed by atoms with E-state index in [1.807, 2.05) is 6.07 Å². The molecule has 0 aliphatic carbocycles. The molecular formula is C24H18FNO3. The number of aryl methyl sites for hydroxylation is 1. The van der Waals surface area contributed by atoms with Gasteiger partial charge >= 0.3 is 0 Å². The largest absolute Gasteiger partial charge is 0.453 e. The number of rotatable bonds is 6. The second kappa shape index (κ2) is 7.72. The number of furan rings is 1. The molecule has 4 nitrogen and oxygen atoms in total. The van der Waals surface area contributed by atoms with Gasteiger partial charge in [-0.3, -0.25) is 9.59 Å². The summed E-state index contributed by atoms with van der Waals surface area (Å²) >= 11 is 0. The molecule has 0 fully saturated rings. The summed E-state index contributed by atoms with van der Waals surface area (Å²) in [6, 6.07) is 20.2. The van der Waals surface area contributed by atoms with E-state index in [2.05, 4.69) is 5.32 Å². The van der Waals surface area contributed by atoms with E-state index >= 15 is 0 Å². The minimum atomic E-state index is -0.383. The highest BCUT2D eigenvalue weighted by Crippen LogP contribution is 2.27. The van der Waals surface area contributed by atoms with Crippen molar-refractivity contribution >= 4 is 28.2 Å². The Kier molecular flexibility index (Phi) is 4.96. The van der Waals surface area contributed by atoms with Crippen molar-refractivity contribution < 1.29 is 18.4 Å². The lowest BCUT2D eigenvalue weighted by molar-refractivity contribution is 0.0979. The van der Waals surface area contributed by atoms with Crippen LogP contribution in [0.4, 0.5) is 10.1 Å². The molecule has 0 aliphatic rings. The zero-order chi connectivity index (χ0) is 20.4. The molecule has 1 N–H and O–H groups in total. The molecule has 0 amide bonds. The Balaban J connectivity index is 1.56. The van der Waals surface area contributed by atoms with E-state index in [4.69, 9.17) is 4.42 Å². The number of fused-ring (bicyclic) bond motifs is 1. The van der Waals surface area contributed by atoms with Crippen LogP contribution in [-0.2, 0) is 0 Å². The van der Waals surface area contributed by atoms with Gasteiger partial charge < -0.3 is 9.73 Å². The number of benzene rings is 3. The van der Waals surface area contributed by atoms with Gasteiger partial charge in [0, 0.05) is 27.8 Å². The molecule has 5 heteroatoms. The Labute approximate surface area is 167 Å². The predicted octanol–water partition coefficient (Wildman–Crippen LogP) is 5.41. The molecule has 0 saturated heterocycles. The highest BCUT2D eigenvalue weighted by Gasteiger charge is 2.19. The normalized spacial score (nSPS) is 10.8. The number of nitrogens with one attached hydrogen (secondary N) is 1. The number of anilines is 1. The lowest BCUT2D eigenvalue weighted by atomic mass is 10.0. The molecule has 144 valence electrons. The maximum atomic E-state index is 13.5. The lowest BCUT2D eigenvalue weighted by Crippen LogP contribution is -2.16. The molecule has 0 spiro atoms. The van der Waals surface area contributed by atoms with Gasteiger partial charge in [0.1, 0.15) is 11.4 Å². The van der Waals surface area contributed by atoms with Gasteiger partial charge in [0.15, 0.2) is 11.5 Å². The van der Waals surface area contributed by atoms with Gasteiger partial charge in [0.05, 0.1) is 6.54 Å². The van der Waals surface area contributed by atoms with Gasteiger partial charge in [0.25, 0.3) is 0 Å². The predicted molar refractivity (Wildman–Crippen MR) is 110 cm³/mol. The summed E-state index contributed by atoms with van der Waals surface area (Å²) in [7, 11) is 0. The monoisotopic (exact) mass is 387 g/mol. The highest BCUT2D eigenvalue weighted by molar-refractivity contribution is 6.12. The van der Waals surface area contributed by atoms with Crippen LogP contribution in [0.2, 0.25) is 0 Å². The summed E-state index contributed by atoms with van der Waals surface area (Å²) in [6.45, 7) is 1.67. The molecule has 0 saturated carbocycles. The number of para-hydroxylation sites is 1. The molecule has 4 rings (SSSR count). The number of carbonyl (C=O) groups is 2. The lowest BCUT2D eigenvalue weighted by Gasteiger charge is -2.10. The first kappa shape index (κ1) is 18.6. The van der Waals surface area contributed by atoms with Crippen molar-refractivity contribution in [2.24, 2.45) is 0 Å². The summed E-state index contributed by atoms with van der Waals surface area (Å²) < 4.78 is 19.1. The number of ketones is 2. The molecule has 0 radical (unpaired) electrons. The van der Waals surface area contributed by atoms with Gasteiger partial charge in [-0.15, -0.1) is 0 Å². The number of halogens is 1. The quantitative estimate of drug-likeness (QED) is 0.450. The van der Waals surface area contributed by atoms with Gasteiger partial charge in [-0.25, -0.2) is 4.39 Å². The molecule has 29 heavy (non-hydrogen) atoms. The van der Waals surface area contributed by atoms with Crippen LogP contribution in [0.15, 0.2) is 77.2 Å². The number of carbonyl (C=O) groups excluding carboxylic acids is 2. The maximum Gasteiger partial charge on any atom is 0.217 e. The summed E-state index contributed by atoms with van der Waals surface area (Å²) in [6.07, 6.45) is 0. The molecule has 0 atom stereocenters. The van der Waals surface area contributed by atoms with E-state index in [-0.39, 0.29) is 29.7 Å². The van der Waals surface area contributed by atoms with Crippen LogP contribution in [0.3, 0.4) is 0 Å². The molecule has 1 heterocycles. The van der Waals surface area contributed by atoms with E-state index < -0.39 is 0 Å². The summed E-state index contributed by atoms with van der Waals surface area (Å²) in [4.78, 5) is 25.5. The third kappa shape index (κ3) is 3.67. The van der Waals surface area contributed by atoms with E-state index in [9.17, 15) is 14.0 Å². The van der Waals surface area contributed by atoms with Crippen LogP contribution in [0.5, 0.6) is 0 Å². The van der Waals surface area contributed by atoms with Crippen molar-refractivity contribution in [3.8, 4) is 0 Å². The van der Waals surface area contributed by atoms with Crippen LogP contribution in [0.25, 0.3) is 11.0 Å². The molecule has 0 aliphatic heterocycles. The molecule has 3 aromatic carbocycles. The Morgan fingerprint density at radius 3 is 2.48 bits per heavy atom. The molecule has 0 bridgehead atoms. The second-order valence-corrected chi connectivity index (χ2v) is 6.71. The van der Waals surface area contributed by atoms with Gasteiger partial charge in [-0.05, 0) is 37.3 Å². The average Bonchev–Trinajstić information content (AvgIpc) is 3.08. The van der Waals surface area contributed by atoms with Crippen molar-refractivity contribution in [1.82, 2.24) is 0 Å². The second-order valence-electron chi connectivity index (χ2n) is 6.71. The van der Waals surface area contributed by atoms with Crippen molar-refractivity contribution in [2.45, 2.75) is 6.92 Å². The van der Waals surface area contributed by atoms with Gasteiger partial charge in [0.2, 0.25) is 5.78 Å². The molecular weight excluding hydrogens is 369 g/mol. The van der Waals surface area contributed by atoms with Gasteiger partial charge in [-0.2, -0.15) is 0 Å². The minimum absolute atomic E-state index is 0.0533. The Hall–Kier alpha value is -3.73. The number of Topliss-reactive ketones (excluding diaryl/α,β-unsaturated/α-hetero) is 1. The SMILES string of the molecule is Cc1c(C(=O)CNc2ccccc2C(=O)c2ccccc2)oc2ccc(F)cc12. The Morgan fingerprint density at radius 1 is 0.966 bits per heavy atom. The third-order valence-electron chi connectivity index (χ3n) is 4.80. The van der Waals surface area contributed by atoms with E-state index in [0.29, 0.717) is 33.3 Å². The first-order valence-corrected chi connectivity index (χ1v) is 9.19. The van der Waals surface area contributed by atoms with Gasteiger partial charge in [-0.1, -0.05) is 42.5 Å². The summed E-state index contributed by atoms with van der Waals surface area (Å²) in [5, 5.41) is 3.62. The van der Waals surface area contributed by atoms with Crippen LogP contribution >= 0.6 is 0 Å². The van der Waals surface area contributed by atoms with Crippen LogP contribution in [0.1, 0.15) is 32.0 Å². The highest BCUT2D eigenvalue weighted by atomic mass is 19.1. The van der Waals surface area contributed by atoms with Crippen LogP contribution < -0.4 is 5.32 Å². The maximum absolute atomic E-state index is 13.5. The third-order valence-corrected chi connectivity index (χ3v) is 4.80. The van der Waals surface area contributed by atoms with Crippen molar-refractivity contribution in [1.29, 1.82) is 0 Å². The Bertz CT molecular complexity index is 1210. The first-order chi connectivity index (χ1) is 14.0.